The van der Waals surface area contributed by atoms with Crippen molar-refractivity contribution in [3.8, 4) is 0 Å². The van der Waals surface area contributed by atoms with E-state index in [1.807, 2.05) is 0 Å². The molecule has 0 bridgehead atoms. The van der Waals surface area contributed by atoms with Crippen LogP contribution in [0, 0.1) is 0 Å². The van der Waals surface area contributed by atoms with E-state index in [0.29, 0.717) is 12.6 Å². The number of halogens is 1. The van der Waals surface area contributed by atoms with Crippen LogP contribution in [0.25, 0.3) is 0 Å². The second kappa shape index (κ2) is 6.84. The lowest BCUT2D eigenvalue weighted by Gasteiger charge is -2.37. The summed E-state index contributed by atoms with van der Waals surface area (Å²) in [6, 6.07) is 7.13. The SMILES string of the molecule is CC(C)N1CCN(Cc2ccc(CN)cc2Br)CC1. The Kier molecular flexibility index (Phi) is 5.39. The molecule has 0 saturated carbocycles. The van der Waals surface area contributed by atoms with Crippen molar-refractivity contribution in [2.45, 2.75) is 33.0 Å². The van der Waals surface area contributed by atoms with Crippen LogP contribution in [0.4, 0.5) is 0 Å². The first-order valence-electron chi connectivity index (χ1n) is 7.04. The summed E-state index contributed by atoms with van der Waals surface area (Å²) >= 11 is 3.66. The fraction of sp³-hybridized carbons (Fsp3) is 0.600. The van der Waals surface area contributed by atoms with Gasteiger partial charge in [0, 0.05) is 49.8 Å². The van der Waals surface area contributed by atoms with Gasteiger partial charge in [0.05, 0.1) is 0 Å². The molecule has 1 aromatic rings. The van der Waals surface area contributed by atoms with Crippen LogP contribution in [0.2, 0.25) is 0 Å². The third-order valence-corrected chi connectivity index (χ3v) is 4.62. The molecule has 1 aromatic carbocycles. The lowest BCUT2D eigenvalue weighted by molar-refractivity contribution is 0.104. The number of hydrogen-bond donors (Lipinski definition) is 1. The van der Waals surface area contributed by atoms with Gasteiger partial charge < -0.3 is 5.73 Å². The Morgan fingerprint density at radius 2 is 1.89 bits per heavy atom. The molecule has 0 radical (unpaired) electrons. The van der Waals surface area contributed by atoms with Gasteiger partial charge in [0.25, 0.3) is 0 Å². The van der Waals surface area contributed by atoms with Crippen molar-refractivity contribution in [1.29, 1.82) is 0 Å². The van der Waals surface area contributed by atoms with Crippen LogP contribution >= 0.6 is 15.9 Å². The molecule has 106 valence electrons. The van der Waals surface area contributed by atoms with Crippen LogP contribution in [-0.4, -0.2) is 42.0 Å². The third-order valence-electron chi connectivity index (χ3n) is 3.88. The Labute approximate surface area is 124 Å². The van der Waals surface area contributed by atoms with E-state index in [2.05, 4.69) is 57.8 Å². The topological polar surface area (TPSA) is 32.5 Å². The van der Waals surface area contributed by atoms with Crippen LogP contribution in [0.3, 0.4) is 0 Å². The Morgan fingerprint density at radius 1 is 1.21 bits per heavy atom. The predicted molar refractivity (Wildman–Crippen MR) is 84.0 cm³/mol. The Hall–Kier alpha value is -0.420. The van der Waals surface area contributed by atoms with Gasteiger partial charge >= 0.3 is 0 Å². The molecule has 0 spiro atoms. The molecule has 1 fully saturated rings. The summed E-state index contributed by atoms with van der Waals surface area (Å²) in [6.07, 6.45) is 0. The zero-order valence-electron chi connectivity index (χ0n) is 11.9. The second-order valence-electron chi connectivity index (χ2n) is 5.54. The van der Waals surface area contributed by atoms with Crippen LogP contribution in [0.5, 0.6) is 0 Å². The molecule has 2 rings (SSSR count). The largest absolute Gasteiger partial charge is 0.326 e. The van der Waals surface area contributed by atoms with Gasteiger partial charge in [0.2, 0.25) is 0 Å². The first kappa shape index (κ1) is 15.0. The minimum absolute atomic E-state index is 0.603. The van der Waals surface area contributed by atoms with E-state index >= 15 is 0 Å². The van der Waals surface area contributed by atoms with Gasteiger partial charge in [-0.3, -0.25) is 9.80 Å². The van der Waals surface area contributed by atoms with Crippen molar-refractivity contribution in [3.63, 3.8) is 0 Å². The summed E-state index contributed by atoms with van der Waals surface area (Å²) in [5.41, 5.74) is 8.20. The van der Waals surface area contributed by atoms with Gasteiger partial charge in [-0.2, -0.15) is 0 Å². The maximum Gasteiger partial charge on any atom is 0.0246 e. The van der Waals surface area contributed by atoms with Crippen molar-refractivity contribution in [3.05, 3.63) is 33.8 Å². The van der Waals surface area contributed by atoms with Crippen LogP contribution in [0.15, 0.2) is 22.7 Å². The Morgan fingerprint density at radius 3 is 2.42 bits per heavy atom. The van der Waals surface area contributed by atoms with Gasteiger partial charge in [-0.05, 0) is 31.0 Å². The normalized spacial score (nSPS) is 18.2. The highest BCUT2D eigenvalue weighted by atomic mass is 79.9. The average Bonchev–Trinajstić information content (AvgIpc) is 2.41. The molecule has 4 heteroatoms. The predicted octanol–water partition coefficient (Wildman–Crippen LogP) is 2.43. The molecule has 1 aliphatic rings. The molecule has 0 atom stereocenters. The van der Waals surface area contributed by atoms with Gasteiger partial charge in [-0.15, -0.1) is 0 Å². The molecule has 2 N–H and O–H groups in total. The molecule has 1 saturated heterocycles. The van der Waals surface area contributed by atoms with E-state index in [1.165, 1.54) is 28.7 Å². The van der Waals surface area contributed by atoms with Gasteiger partial charge in [0.15, 0.2) is 0 Å². The maximum atomic E-state index is 5.66. The van der Waals surface area contributed by atoms with Crippen molar-refractivity contribution in [2.75, 3.05) is 26.2 Å². The monoisotopic (exact) mass is 325 g/mol. The smallest absolute Gasteiger partial charge is 0.0246 e. The number of rotatable bonds is 4. The zero-order valence-corrected chi connectivity index (χ0v) is 13.5. The first-order valence-corrected chi connectivity index (χ1v) is 7.83. The van der Waals surface area contributed by atoms with Crippen molar-refractivity contribution >= 4 is 15.9 Å². The van der Waals surface area contributed by atoms with E-state index in [0.717, 1.165) is 19.6 Å². The lowest BCUT2D eigenvalue weighted by atomic mass is 10.1. The summed E-state index contributed by atoms with van der Waals surface area (Å²) in [5, 5.41) is 0. The fourth-order valence-corrected chi connectivity index (χ4v) is 3.08. The van der Waals surface area contributed by atoms with Crippen LogP contribution in [0.1, 0.15) is 25.0 Å². The summed E-state index contributed by atoms with van der Waals surface area (Å²) in [5.74, 6) is 0. The van der Waals surface area contributed by atoms with Crippen molar-refractivity contribution in [2.24, 2.45) is 5.73 Å². The summed E-state index contributed by atoms with van der Waals surface area (Å²) in [6.45, 7) is 10.8. The quantitative estimate of drug-likeness (QED) is 0.922. The van der Waals surface area contributed by atoms with Crippen LogP contribution in [-0.2, 0) is 13.1 Å². The van der Waals surface area contributed by atoms with Gasteiger partial charge in [-0.25, -0.2) is 0 Å². The number of nitrogens with two attached hydrogens (primary N) is 1. The molecule has 0 amide bonds. The van der Waals surface area contributed by atoms with E-state index < -0.39 is 0 Å². The molecular weight excluding hydrogens is 302 g/mol. The Bertz CT molecular complexity index is 412. The first-order chi connectivity index (χ1) is 9.10. The molecule has 0 unspecified atom stereocenters. The molecule has 1 heterocycles. The highest BCUT2D eigenvalue weighted by Gasteiger charge is 2.19. The third kappa shape index (κ3) is 4.02. The molecule has 0 aromatic heterocycles. The van der Waals surface area contributed by atoms with Crippen LogP contribution < -0.4 is 5.73 Å². The highest BCUT2D eigenvalue weighted by molar-refractivity contribution is 9.10. The van der Waals surface area contributed by atoms with E-state index in [4.69, 9.17) is 5.73 Å². The van der Waals surface area contributed by atoms with E-state index in [-0.39, 0.29) is 0 Å². The highest BCUT2D eigenvalue weighted by Crippen LogP contribution is 2.21. The average molecular weight is 326 g/mol. The molecule has 19 heavy (non-hydrogen) atoms. The van der Waals surface area contributed by atoms with Gasteiger partial charge in [0.1, 0.15) is 0 Å². The summed E-state index contributed by atoms with van der Waals surface area (Å²) in [4.78, 5) is 5.07. The minimum Gasteiger partial charge on any atom is -0.326 e. The van der Waals surface area contributed by atoms with E-state index in [1.54, 1.807) is 0 Å². The number of hydrogen-bond acceptors (Lipinski definition) is 3. The molecule has 1 aliphatic heterocycles. The Balaban J connectivity index is 1.92. The standard InChI is InChI=1S/C15H24BrN3/c1-12(2)19-7-5-18(6-8-19)11-14-4-3-13(10-17)9-15(14)16/h3-4,9,12H,5-8,10-11,17H2,1-2H3. The van der Waals surface area contributed by atoms with Crippen molar-refractivity contribution < 1.29 is 0 Å². The second-order valence-corrected chi connectivity index (χ2v) is 6.39. The maximum absolute atomic E-state index is 5.66. The fourth-order valence-electron chi connectivity index (χ4n) is 2.52. The summed E-state index contributed by atoms with van der Waals surface area (Å²) in [7, 11) is 0. The lowest BCUT2D eigenvalue weighted by Crippen LogP contribution is -2.48. The minimum atomic E-state index is 0.603. The van der Waals surface area contributed by atoms with E-state index in [9.17, 15) is 0 Å². The number of piperazine rings is 1. The zero-order chi connectivity index (χ0) is 13.8. The molecule has 3 nitrogen and oxygen atoms in total. The number of benzene rings is 1. The van der Waals surface area contributed by atoms with Crippen molar-refractivity contribution in [1.82, 2.24) is 9.80 Å². The number of nitrogens with zero attached hydrogens (tertiary/aromatic N) is 2. The van der Waals surface area contributed by atoms with Gasteiger partial charge in [-0.1, -0.05) is 28.1 Å². The molecule has 0 aliphatic carbocycles. The summed E-state index contributed by atoms with van der Waals surface area (Å²) < 4.78 is 1.18. The molecular formula is C15H24BrN3.